The third-order valence-corrected chi connectivity index (χ3v) is 3.04. The monoisotopic (exact) mass is 222 g/mol. The molecular formula is C13H22N2O. The van der Waals surface area contributed by atoms with Gasteiger partial charge in [0.05, 0.1) is 11.3 Å². The van der Waals surface area contributed by atoms with Crippen LogP contribution in [-0.4, -0.2) is 34.2 Å². The third-order valence-electron chi connectivity index (χ3n) is 3.04. The second kappa shape index (κ2) is 5.97. The van der Waals surface area contributed by atoms with Crippen molar-refractivity contribution < 1.29 is 5.11 Å². The largest absolute Gasteiger partial charge is 0.389 e. The molecule has 3 heteroatoms. The molecule has 1 N–H and O–H groups in total. The molecule has 1 rings (SSSR count). The molecular weight excluding hydrogens is 200 g/mol. The molecule has 0 radical (unpaired) electrons. The first-order chi connectivity index (χ1) is 7.59. The average molecular weight is 222 g/mol. The Kier molecular flexibility index (Phi) is 4.90. The maximum Gasteiger partial charge on any atom is 0.0768 e. The summed E-state index contributed by atoms with van der Waals surface area (Å²) in [6, 6.07) is 5.91. The van der Waals surface area contributed by atoms with Crippen molar-refractivity contribution in [3.05, 3.63) is 30.1 Å². The van der Waals surface area contributed by atoms with E-state index in [1.54, 1.807) is 6.20 Å². The van der Waals surface area contributed by atoms with Crippen LogP contribution in [0, 0.1) is 0 Å². The molecule has 0 fully saturated rings. The molecule has 0 atom stereocenters. The van der Waals surface area contributed by atoms with Gasteiger partial charge in [0.2, 0.25) is 0 Å². The fourth-order valence-electron chi connectivity index (χ4n) is 1.80. The molecule has 0 saturated carbocycles. The van der Waals surface area contributed by atoms with Gasteiger partial charge in [0.1, 0.15) is 0 Å². The molecule has 1 aromatic heterocycles. The van der Waals surface area contributed by atoms with Gasteiger partial charge in [-0.2, -0.15) is 0 Å². The van der Waals surface area contributed by atoms with Gasteiger partial charge in [-0.25, -0.2) is 0 Å². The van der Waals surface area contributed by atoms with Crippen molar-refractivity contribution in [3.63, 3.8) is 0 Å². The summed E-state index contributed by atoms with van der Waals surface area (Å²) in [5, 5.41) is 10.2. The van der Waals surface area contributed by atoms with Crippen LogP contribution in [-0.2, 0) is 6.54 Å². The van der Waals surface area contributed by atoms with Crippen molar-refractivity contribution in [1.82, 2.24) is 9.88 Å². The van der Waals surface area contributed by atoms with Crippen LogP contribution in [0.4, 0.5) is 0 Å². The van der Waals surface area contributed by atoms with Gasteiger partial charge in [-0.15, -0.1) is 0 Å². The van der Waals surface area contributed by atoms with Gasteiger partial charge in [-0.05, 0) is 32.0 Å². The van der Waals surface area contributed by atoms with Crippen molar-refractivity contribution in [3.8, 4) is 0 Å². The quantitative estimate of drug-likeness (QED) is 0.800. The highest BCUT2D eigenvalue weighted by Crippen LogP contribution is 2.16. The van der Waals surface area contributed by atoms with Crippen LogP contribution in [0.5, 0.6) is 0 Å². The summed E-state index contributed by atoms with van der Waals surface area (Å²) in [5.41, 5.74) is 0.475. The standard InChI is InChI=1S/C13H22N2O/c1-4-13(16,5-2)11-15(3)10-12-8-6-7-9-14-12/h6-9,16H,4-5,10-11H2,1-3H3. The summed E-state index contributed by atoms with van der Waals surface area (Å²) in [7, 11) is 2.02. The summed E-state index contributed by atoms with van der Waals surface area (Å²) in [6.07, 6.45) is 3.38. The van der Waals surface area contributed by atoms with Crippen molar-refractivity contribution in [2.45, 2.75) is 38.8 Å². The van der Waals surface area contributed by atoms with Gasteiger partial charge >= 0.3 is 0 Å². The fourth-order valence-corrected chi connectivity index (χ4v) is 1.80. The summed E-state index contributed by atoms with van der Waals surface area (Å²) in [5.74, 6) is 0. The van der Waals surface area contributed by atoms with E-state index in [-0.39, 0.29) is 0 Å². The highest BCUT2D eigenvalue weighted by Gasteiger charge is 2.23. The molecule has 0 amide bonds. The lowest BCUT2D eigenvalue weighted by atomic mass is 9.97. The van der Waals surface area contributed by atoms with Crippen LogP contribution in [0.15, 0.2) is 24.4 Å². The average Bonchev–Trinajstić information content (AvgIpc) is 2.30. The van der Waals surface area contributed by atoms with E-state index in [1.807, 2.05) is 39.1 Å². The van der Waals surface area contributed by atoms with Crippen LogP contribution in [0.2, 0.25) is 0 Å². The Hall–Kier alpha value is -0.930. The predicted octanol–water partition coefficient (Wildman–Crippen LogP) is 2.06. The van der Waals surface area contributed by atoms with E-state index in [1.165, 1.54) is 0 Å². The summed E-state index contributed by atoms with van der Waals surface area (Å²) in [4.78, 5) is 6.40. The third kappa shape index (κ3) is 3.91. The van der Waals surface area contributed by atoms with Gasteiger partial charge in [0.15, 0.2) is 0 Å². The summed E-state index contributed by atoms with van der Waals surface area (Å²) in [6.45, 7) is 5.52. The molecule has 0 aliphatic heterocycles. The highest BCUT2D eigenvalue weighted by molar-refractivity contribution is 5.03. The zero-order valence-corrected chi connectivity index (χ0v) is 10.5. The van der Waals surface area contributed by atoms with Gasteiger partial charge in [-0.1, -0.05) is 19.9 Å². The van der Waals surface area contributed by atoms with Crippen LogP contribution < -0.4 is 0 Å². The molecule has 0 unspecified atom stereocenters. The first-order valence-electron chi connectivity index (χ1n) is 5.90. The minimum Gasteiger partial charge on any atom is -0.389 e. The minimum absolute atomic E-state index is 0.566. The second-order valence-corrected chi connectivity index (χ2v) is 4.42. The van der Waals surface area contributed by atoms with Crippen molar-refractivity contribution >= 4 is 0 Å². The van der Waals surface area contributed by atoms with E-state index in [4.69, 9.17) is 0 Å². The Labute approximate surface area is 98.1 Å². The smallest absolute Gasteiger partial charge is 0.0768 e. The van der Waals surface area contributed by atoms with E-state index >= 15 is 0 Å². The number of aliphatic hydroxyl groups is 1. The Morgan fingerprint density at radius 2 is 2.00 bits per heavy atom. The molecule has 1 heterocycles. The Morgan fingerprint density at radius 3 is 2.50 bits per heavy atom. The highest BCUT2D eigenvalue weighted by atomic mass is 16.3. The number of likely N-dealkylation sites (N-methyl/N-ethyl adjacent to an activating group) is 1. The molecule has 0 bridgehead atoms. The minimum atomic E-state index is -0.566. The molecule has 3 nitrogen and oxygen atoms in total. The summed E-state index contributed by atoms with van der Waals surface area (Å²) < 4.78 is 0. The molecule has 90 valence electrons. The van der Waals surface area contributed by atoms with Crippen molar-refractivity contribution in [2.75, 3.05) is 13.6 Å². The van der Waals surface area contributed by atoms with E-state index in [9.17, 15) is 5.11 Å². The molecule has 0 spiro atoms. The number of pyridine rings is 1. The number of aromatic nitrogens is 1. The van der Waals surface area contributed by atoms with E-state index in [2.05, 4.69) is 9.88 Å². The molecule has 0 aliphatic carbocycles. The number of rotatable bonds is 6. The summed E-state index contributed by atoms with van der Waals surface area (Å²) >= 11 is 0. The Bertz CT molecular complexity index is 296. The van der Waals surface area contributed by atoms with Crippen LogP contribution in [0.25, 0.3) is 0 Å². The van der Waals surface area contributed by atoms with Gasteiger partial charge in [-0.3, -0.25) is 9.88 Å². The van der Waals surface area contributed by atoms with Crippen LogP contribution in [0.1, 0.15) is 32.4 Å². The SMILES string of the molecule is CCC(O)(CC)CN(C)Cc1ccccn1. The molecule has 0 aromatic carbocycles. The molecule has 0 aliphatic rings. The van der Waals surface area contributed by atoms with Gasteiger partial charge < -0.3 is 5.11 Å². The van der Waals surface area contributed by atoms with Crippen molar-refractivity contribution in [2.24, 2.45) is 0 Å². The van der Waals surface area contributed by atoms with E-state index < -0.39 is 5.60 Å². The van der Waals surface area contributed by atoms with Crippen LogP contribution in [0.3, 0.4) is 0 Å². The van der Waals surface area contributed by atoms with Gasteiger partial charge in [0, 0.05) is 19.3 Å². The Morgan fingerprint density at radius 1 is 1.31 bits per heavy atom. The maximum atomic E-state index is 10.2. The second-order valence-electron chi connectivity index (χ2n) is 4.42. The lowest BCUT2D eigenvalue weighted by molar-refractivity contribution is 0.00107. The molecule has 0 saturated heterocycles. The van der Waals surface area contributed by atoms with Crippen molar-refractivity contribution in [1.29, 1.82) is 0 Å². The first-order valence-corrected chi connectivity index (χ1v) is 5.90. The zero-order valence-electron chi connectivity index (χ0n) is 10.5. The molecule has 16 heavy (non-hydrogen) atoms. The lowest BCUT2D eigenvalue weighted by Gasteiger charge is -2.30. The fraction of sp³-hybridized carbons (Fsp3) is 0.615. The topological polar surface area (TPSA) is 36.4 Å². The first kappa shape index (κ1) is 13.1. The Balaban J connectivity index is 2.50. The van der Waals surface area contributed by atoms with Crippen LogP contribution >= 0.6 is 0 Å². The predicted molar refractivity (Wildman–Crippen MR) is 66.1 cm³/mol. The molecule has 1 aromatic rings. The number of nitrogens with zero attached hydrogens (tertiary/aromatic N) is 2. The lowest BCUT2D eigenvalue weighted by Crippen LogP contribution is -2.40. The van der Waals surface area contributed by atoms with E-state index in [0.717, 1.165) is 25.1 Å². The maximum absolute atomic E-state index is 10.2. The van der Waals surface area contributed by atoms with Gasteiger partial charge in [0.25, 0.3) is 0 Å². The normalized spacial score (nSPS) is 12.1. The zero-order chi connectivity index (χ0) is 12.0. The van der Waals surface area contributed by atoms with E-state index in [0.29, 0.717) is 6.54 Å². The number of hydrogen-bond donors (Lipinski definition) is 1. The number of hydrogen-bond acceptors (Lipinski definition) is 3.